The zero-order chi connectivity index (χ0) is 26.1. The number of rotatable bonds is 4. The number of piperidine rings is 1. The number of hydrogen-bond donors (Lipinski definition) is 3. The van der Waals surface area contributed by atoms with Gasteiger partial charge in [-0.3, -0.25) is 14.8 Å². The lowest BCUT2D eigenvalue weighted by molar-refractivity contribution is -0.282. The minimum absolute atomic E-state index is 0.0335. The predicted octanol–water partition coefficient (Wildman–Crippen LogP) is 4.41. The lowest BCUT2D eigenvalue weighted by Crippen LogP contribution is -2.64. The number of nitrogens with one attached hydrogen (secondary N) is 2. The first-order chi connectivity index (χ1) is 16.7. The first-order valence-corrected chi connectivity index (χ1v) is 11.6. The van der Waals surface area contributed by atoms with Crippen LogP contribution >= 0.6 is 0 Å². The highest BCUT2D eigenvalue weighted by atomic mass is 19.4. The van der Waals surface area contributed by atoms with Crippen molar-refractivity contribution in [3.63, 3.8) is 0 Å². The Balaban J connectivity index is 1.40. The van der Waals surface area contributed by atoms with Crippen LogP contribution in [0.1, 0.15) is 46.5 Å². The first kappa shape index (κ1) is 24.5. The van der Waals surface area contributed by atoms with Gasteiger partial charge in [-0.1, -0.05) is 0 Å². The maximum Gasteiger partial charge on any atom is 0.417 e. The fourth-order valence-corrected chi connectivity index (χ4v) is 5.60. The minimum atomic E-state index is -4.77. The lowest BCUT2D eigenvalue weighted by atomic mass is 9.79. The Bertz CT molecular complexity index is 1310. The Kier molecular flexibility index (Phi) is 5.36. The van der Waals surface area contributed by atoms with Crippen molar-refractivity contribution in [2.45, 2.75) is 82.0 Å². The number of carbonyl (C=O) groups is 1. The van der Waals surface area contributed by atoms with Crippen LogP contribution in [0.2, 0.25) is 0 Å². The lowest BCUT2D eigenvalue weighted by Gasteiger charge is -2.49. The van der Waals surface area contributed by atoms with E-state index in [1.54, 1.807) is 25.4 Å². The number of halogens is 4. The molecule has 0 aromatic carbocycles. The summed E-state index contributed by atoms with van der Waals surface area (Å²) in [5, 5.41) is 24.8. The summed E-state index contributed by atoms with van der Waals surface area (Å²) in [6.07, 6.45) is -0.642. The normalized spacial score (nSPS) is 26.6. The van der Waals surface area contributed by atoms with Gasteiger partial charge in [0.15, 0.2) is 5.60 Å². The molecule has 2 aliphatic rings. The largest absolute Gasteiger partial charge is 0.417 e. The van der Waals surface area contributed by atoms with Crippen LogP contribution in [0.3, 0.4) is 0 Å². The summed E-state index contributed by atoms with van der Waals surface area (Å²) in [5.41, 5.74) is -3.71. The van der Waals surface area contributed by atoms with Gasteiger partial charge in [0, 0.05) is 36.0 Å². The summed E-state index contributed by atoms with van der Waals surface area (Å²) in [7, 11) is 0. The number of nitrogens with zero attached hydrogens (tertiary/aromatic N) is 5. The molecule has 3 N–H and O–H groups in total. The summed E-state index contributed by atoms with van der Waals surface area (Å²) >= 11 is 0. The number of alkyl halides is 4. The molecule has 3 aromatic heterocycles. The van der Waals surface area contributed by atoms with Crippen LogP contribution in [0.4, 0.5) is 28.0 Å². The second-order valence-electron chi connectivity index (χ2n) is 10.7. The van der Waals surface area contributed by atoms with Crippen LogP contribution in [0, 0.1) is 0 Å². The maximum absolute atomic E-state index is 14.2. The van der Waals surface area contributed by atoms with Gasteiger partial charge >= 0.3 is 12.2 Å². The standard InChI is InChI=1S/C23H27F4N7O2/c1-20(2,24)12-33-17-6-15(28-8-13(17)9-30-33)18-16(10-29-32-18)31-19(35)34-14-4-5-21(34,3)11-22(36,7-14)23(25,26)27/h6,8-10,14,36H,4-5,7,11-12H2,1-3H3,(H,29,32)(H,31,35). The van der Waals surface area contributed by atoms with Gasteiger partial charge in [0.1, 0.15) is 11.4 Å². The molecule has 13 heteroatoms. The second kappa shape index (κ2) is 7.89. The number of H-pyrrole nitrogens is 1. The number of pyridine rings is 1. The minimum Gasteiger partial charge on any atom is -0.380 e. The average Bonchev–Trinajstić information content (AvgIpc) is 3.42. The van der Waals surface area contributed by atoms with Gasteiger partial charge < -0.3 is 15.3 Å². The van der Waals surface area contributed by atoms with E-state index in [1.807, 2.05) is 0 Å². The van der Waals surface area contributed by atoms with Crippen LogP contribution in [0.5, 0.6) is 0 Å². The maximum atomic E-state index is 14.2. The number of urea groups is 1. The smallest absolute Gasteiger partial charge is 0.380 e. The molecule has 0 aliphatic carbocycles. The van der Waals surface area contributed by atoms with E-state index in [-0.39, 0.29) is 6.54 Å². The molecule has 5 rings (SSSR count). The number of aliphatic hydroxyl groups is 1. The van der Waals surface area contributed by atoms with Gasteiger partial charge in [-0.05, 0) is 39.7 Å². The zero-order valence-electron chi connectivity index (χ0n) is 20.0. The highest BCUT2D eigenvalue weighted by molar-refractivity contribution is 5.94. The number of anilines is 1. The second-order valence-corrected chi connectivity index (χ2v) is 10.7. The molecule has 0 spiro atoms. The highest BCUT2D eigenvalue weighted by Gasteiger charge is 2.65. The number of aromatic nitrogens is 5. The van der Waals surface area contributed by atoms with Crippen LogP contribution in [-0.2, 0) is 6.54 Å². The molecule has 5 heterocycles. The topological polar surface area (TPSA) is 112 Å². The third-order valence-electron chi connectivity index (χ3n) is 7.14. The van der Waals surface area contributed by atoms with Gasteiger partial charge in [0.05, 0.1) is 35.8 Å². The van der Waals surface area contributed by atoms with Gasteiger partial charge in [0.25, 0.3) is 0 Å². The van der Waals surface area contributed by atoms with Gasteiger partial charge in [-0.15, -0.1) is 0 Å². The summed E-state index contributed by atoms with van der Waals surface area (Å²) in [5.74, 6) is 0. The van der Waals surface area contributed by atoms with E-state index in [4.69, 9.17) is 0 Å². The Labute approximate surface area is 203 Å². The van der Waals surface area contributed by atoms with Crippen molar-refractivity contribution < 1.29 is 27.5 Å². The Morgan fingerprint density at radius 1 is 1.28 bits per heavy atom. The molecule has 3 atom stereocenters. The van der Waals surface area contributed by atoms with Gasteiger partial charge in [0.2, 0.25) is 0 Å². The molecule has 2 bridgehead atoms. The molecule has 194 valence electrons. The van der Waals surface area contributed by atoms with Crippen molar-refractivity contribution in [2.75, 3.05) is 5.32 Å². The summed E-state index contributed by atoms with van der Waals surface area (Å²) in [4.78, 5) is 19.1. The van der Waals surface area contributed by atoms with E-state index in [0.717, 1.165) is 0 Å². The van der Waals surface area contributed by atoms with E-state index in [0.29, 0.717) is 40.8 Å². The SMILES string of the molecule is CC(C)(F)Cn1ncc2cnc(-c3[nH]ncc3NC(=O)N3C4CCC3(C)CC(O)(C(F)(F)F)C4)cc21. The monoisotopic (exact) mass is 509 g/mol. The molecule has 9 nitrogen and oxygen atoms in total. The molecule has 36 heavy (non-hydrogen) atoms. The molecule has 2 amide bonds. The van der Waals surface area contributed by atoms with Crippen molar-refractivity contribution in [1.82, 2.24) is 29.9 Å². The fraction of sp³-hybridized carbons (Fsp3) is 0.565. The summed E-state index contributed by atoms with van der Waals surface area (Å²) in [6, 6.07) is 0.378. The Hall–Kier alpha value is -3.22. The summed E-state index contributed by atoms with van der Waals surface area (Å²) in [6.45, 7) is 4.51. The molecule has 0 radical (unpaired) electrons. The fourth-order valence-electron chi connectivity index (χ4n) is 5.60. The predicted molar refractivity (Wildman–Crippen MR) is 123 cm³/mol. The van der Waals surface area contributed by atoms with Crippen molar-refractivity contribution in [2.24, 2.45) is 0 Å². The third kappa shape index (κ3) is 4.08. The van der Waals surface area contributed by atoms with Crippen LogP contribution < -0.4 is 5.32 Å². The molecule has 2 fully saturated rings. The average molecular weight is 510 g/mol. The highest BCUT2D eigenvalue weighted by Crippen LogP contribution is 2.53. The van der Waals surface area contributed by atoms with Gasteiger partial charge in [-0.25, -0.2) is 9.18 Å². The van der Waals surface area contributed by atoms with E-state index < -0.39 is 47.9 Å². The summed E-state index contributed by atoms with van der Waals surface area (Å²) < 4.78 is 56.4. The Morgan fingerprint density at radius 2 is 2.03 bits per heavy atom. The van der Waals surface area contributed by atoms with Gasteiger partial charge in [-0.2, -0.15) is 23.4 Å². The molecule has 0 saturated carbocycles. The number of aromatic amines is 1. The number of fused-ring (bicyclic) bond motifs is 3. The van der Waals surface area contributed by atoms with Crippen LogP contribution in [-0.4, -0.2) is 70.0 Å². The molecular formula is C23H27F4N7O2. The quantitative estimate of drug-likeness (QED) is 0.451. The molecule has 2 aliphatic heterocycles. The van der Waals surface area contributed by atoms with Crippen molar-refractivity contribution in [3.8, 4) is 11.4 Å². The van der Waals surface area contributed by atoms with Crippen molar-refractivity contribution in [1.29, 1.82) is 0 Å². The van der Waals surface area contributed by atoms with Crippen LogP contribution in [0.25, 0.3) is 22.3 Å². The van der Waals surface area contributed by atoms with Crippen molar-refractivity contribution in [3.05, 3.63) is 24.7 Å². The van der Waals surface area contributed by atoms with E-state index >= 15 is 0 Å². The molecule has 3 unspecified atom stereocenters. The third-order valence-corrected chi connectivity index (χ3v) is 7.14. The number of carbonyl (C=O) groups excluding carboxylic acids is 1. The zero-order valence-corrected chi connectivity index (χ0v) is 20.0. The Morgan fingerprint density at radius 3 is 2.69 bits per heavy atom. The van der Waals surface area contributed by atoms with E-state index in [9.17, 15) is 27.5 Å². The molecule has 3 aromatic rings. The molecule has 2 saturated heterocycles. The van der Waals surface area contributed by atoms with E-state index in [1.165, 1.54) is 29.6 Å². The van der Waals surface area contributed by atoms with E-state index in [2.05, 4.69) is 25.6 Å². The number of amides is 2. The first-order valence-electron chi connectivity index (χ1n) is 11.6. The van der Waals surface area contributed by atoms with Crippen molar-refractivity contribution >= 4 is 22.6 Å². The molecular weight excluding hydrogens is 482 g/mol. The number of hydrogen-bond acceptors (Lipinski definition) is 5. The van der Waals surface area contributed by atoms with Crippen LogP contribution in [0.15, 0.2) is 24.7 Å².